The van der Waals surface area contributed by atoms with Gasteiger partial charge in [-0.1, -0.05) is 0 Å². The first-order chi connectivity index (χ1) is 14.1. The highest BCUT2D eigenvalue weighted by Gasteiger charge is 2.39. The van der Waals surface area contributed by atoms with Crippen molar-refractivity contribution in [2.75, 3.05) is 19.0 Å². The van der Waals surface area contributed by atoms with Crippen LogP contribution in [0.4, 0.5) is 19.1 Å². The van der Waals surface area contributed by atoms with E-state index in [1.54, 1.807) is 29.7 Å². The maximum Gasteiger partial charge on any atom is 0.422 e. The van der Waals surface area contributed by atoms with E-state index in [2.05, 4.69) is 20.5 Å². The van der Waals surface area contributed by atoms with Gasteiger partial charge in [0.15, 0.2) is 6.61 Å². The number of halogens is 3. The molecule has 0 amide bonds. The van der Waals surface area contributed by atoms with Gasteiger partial charge in [0.2, 0.25) is 5.95 Å². The number of nitrogens with one attached hydrogen (secondary N) is 1. The molecule has 0 bridgehead atoms. The monoisotopic (exact) mass is 423 g/mol. The number of anilines is 1. The Balaban J connectivity index is 1.70. The van der Waals surface area contributed by atoms with Crippen molar-refractivity contribution in [3.05, 3.63) is 30.7 Å². The zero-order chi connectivity index (χ0) is 21.5. The molecule has 0 aliphatic heterocycles. The second-order valence-corrected chi connectivity index (χ2v) is 7.53. The molecule has 11 heteroatoms. The van der Waals surface area contributed by atoms with Gasteiger partial charge < -0.3 is 19.9 Å². The van der Waals surface area contributed by atoms with E-state index in [1.165, 1.54) is 19.5 Å². The van der Waals surface area contributed by atoms with E-state index in [0.29, 0.717) is 41.3 Å². The Hall–Kier alpha value is -3.08. The highest BCUT2D eigenvalue weighted by Crippen LogP contribution is 2.37. The van der Waals surface area contributed by atoms with Crippen molar-refractivity contribution in [1.82, 2.24) is 19.6 Å². The molecule has 2 aromatic heterocycles. The van der Waals surface area contributed by atoms with E-state index in [0.717, 1.165) is 0 Å². The number of fused-ring (bicyclic) bond motifs is 1. The van der Waals surface area contributed by atoms with E-state index in [1.807, 2.05) is 0 Å². The lowest BCUT2D eigenvalue weighted by Crippen LogP contribution is -2.48. The summed E-state index contributed by atoms with van der Waals surface area (Å²) in [6, 6.07) is 4.58. The fourth-order valence-electron chi connectivity index (χ4n) is 3.52. The largest absolute Gasteiger partial charge is 0.497 e. The van der Waals surface area contributed by atoms with Gasteiger partial charge in [-0.2, -0.15) is 13.2 Å². The third-order valence-electron chi connectivity index (χ3n) is 4.89. The molecule has 0 saturated heterocycles. The topological polar surface area (TPSA) is 93.8 Å². The molecule has 0 atom stereocenters. The first-order valence-electron chi connectivity index (χ1n) is 9.21. The molecular formula is C19H20F3N5O3. The SMILES string of the molecule is COc1ccc(-c2nnc(NC3CC(C)(O)C3)n3cncc23)c(OCC(F)(F)F)c1. The Kier molecular flexibility index (Phi) is 4.92. The number of aromatic nitrogens is 4. The highest BCUT2D eigenvalue weighted by atomic mass is 19.4. The maximum absolute atomic E-state index is 12.7. The summed E-state index contributed by atoms with van der Waals surface area (Å²) in [4.78, 5) is 4.12. The van der Waals surface area contributed by atoms with E-state index < -0.39 is 18.4 Å². The molecule has 1 fully saturated rings. The minimum atomic E-state index is -4.49. The van der Waals surface area contributed by atoms with Crippen LogP contribution in [0.2, 0.25) is 0 Å². The minimum absolute atomic E-state index is 0.0279. The van der Waals surface area contributed by atoms with Gasteiger partial charge in [0, 0.05) is 17.7 Å². The van der Waals surface area contributed by atoms with Gasteiger partial charge >= 0.3 is 6.18 Å². The molecule has 3 aromatic rings. The van der Waals surface area contributed by atoms with Gasteiger partial charge in [0.1, 0.15) is 23.5 Å². The zero-order valence-electron chi connectivity index (χ0n) is 16.3. The van der Waals surface area contributed by atoms with Crippen LogP contribution in [0.5, 0.6) is 11.5 Å². The second-order valence-electron chi connectivity index (χ2n) is 7.53. The minimum Gasteiger partial charge on any atom is -0.497 e. The van der Waals surface area contributed by atoms with E-state index in [-0.39, 0.29) is 11.8 Å². The third kappa shape index (κ3) is 4.11. The lowest BCUT2D eigenvalue weighted by atomic mass is 9.77. The molecule has 0 unspecified atom stereocenters. The molecule has 160 valence electrons. The summed E-state index contributed by atoms with van der Waals surface area (Å²) < 4.78 is 49.9. The van der Waals surface area contributed by atoms with Crippen LogP contribution in [0, 0.1) is 0 Å². The average molecular weight is 423 g/mol. The molecule has 8 nitrogen and oxygen atoms in total. The predicted octanol–water partition coefficient (Wildman–Crippen LogP) is 3.07. The number of alkyl halides is 3. The number of hydrogen-bond donors (Lipinski definition) is 2. The fourth-order valence-corrected chi connectivity index (χ4v) is 3.52. The number of rotatable bonds is 6. The summed E-state index contributed by atoms with van der Waals surface area (Å²) >= 11 is 0. The lowest BCUT2D eigenvalue weighted by molar-refractivity contribution is -0.153. The molecule has 30 heavy (non-hydrogen) atoms. The van der Waals surface area contributed by atoms with Crippen LogP contribution in [0.3, 0.4) is 0 Å². The molecule has 0 radical (unpaired) electrons. The van der Waals surface area contributed by atoms with Crippen LogP contribution in [0.15, 0.2) is 30.7 Å². The fraction of sp³-hybridized carbons (Fsp3) is 0.421. The second kappa shape index (κ2) is 7.31. The lowest BCUT2D eigenvalue weighted by Gasteiger charge is -2.41. The number of nitrogens with zero attached hydrogens (tertiary/aromatic N) is 4. The molecule has 1 saturated carbocycles. The normalized spacial score (nSPS) is 21.3. The van der Waals surface area contributed by atoms with Crippen LogP contribution < -0.4 is 14.8 Å². The summed E-state index contributed by atoms with van der Waals surface area (Å²) in [5, 5.41) is 21.5. The first kappa shape index (κ1) is 20.2. The number of ether oxygens (including phenoxy) is 2. The molecule has 1 aromatic carbocycles. The number of hydrogen-bond acceptors (Lipinski definition) is 7. The molecule has 1 aliphatic carbocycles. The summed E-state index contributed by atoms with van der Waals surface area (Å²) in [5.41, 5.74) is 0.489. The van der Waals surface area contributed by atoms with Crippen molar-refractivity contribution >= 4 is 11.5 Å². The van der Waals surface area contributed by atoms with Gasteiger partial charge in [-0.25, -0.2) is 4.98 Å². The summed E-state index contributed by atoms with van der Waals surface area (Å²) in [6.45, 7) is 0.316. The van der Waals surface area contributed by atoms with Crippen LogP contribution in [0.25, 0.3) is 16.8 Å². The Morgan fingerprint density at radius 2 is 2.07 bits per heavy atom. The number of imidazole rings is 1. The van der Waals surface area contributed by atoms with Crippen LogP contribution in [0.1, 0.15) is 19.8 Å². The molecule has 2 N–H and O–H groups in total. The molecule has 4 rings (SSSR count). The van der Waals surface area contributed by atoms with Crippen molar-refractivity contribution in [2.45, 2.75) is 37.6 Å². The van der Waals surface area contributed by atoms with Crippen LogP contribution in [-0.2, 0) is 0 Å². The Morgan fingerprint density at radius 1 is 1.30 bits per heavy atom. The maximum atomic E-state index is 12.7. The van der Waals surface area contributed by atoms with E-state index in [4.69, 9.17) is 9.47 Å². The summed E-state index contributed by atoms with van der Waals surface area (Å²) in [7, 11) is 1.41. The molecule has 0 spiro atoms. The van der Waals surface area contributed by atoms with Gasteiger partial charge in [0.05, 0.1) is 24.4 Å². The smallest absolute Gasteiger partial charge is 0.422 e. The van der Waals surface area contributed by atoms with Gasteiger partial charge in [-0.05, 0) is 31.9 Å². The molecule has 1 aliphatic rings. The predicted molar refractivity (Wildman–Crippen MR) is 102 cm³/mol. The van der Waals surface area contributed by atoms with Crippen molar-refractivity contribution in [1.29, 1.82) is 0 Å². The van der Waals surface area contributed by atoms with Crippen molar-refractivity contribution in [3.8, 4) is 22.8 Å². The van der Waals surface area contributed by atoms with Gasteiger partial charge in [-0.3, -0.25) is 4.40 Å². The van der Waals surface area contributed by atoms with Crippen LogP contribution in [-0.4, -0.2) is 56.2 Å². The number of methoxy groups -OCH3 is 1. The quantitative estimate of drug-likeness (QED) is 0.629. The van der Waals surface area contributed by atoms with Crippen molar-refractivity contribution < 1.29 is 27.8 Å². The standard InChI is InChI=1S/C19H20F3N5O3/c1-18(28)6-11(7-18)24-17-26-25-16(14-8-23-10-27(14)17)13-4-3-12(29-2)5-15(13)30-9-19(20,21)22/h3-5,8,10-11,28H,6-7,9H2,1-2H3,(H,24,26). The summed E-state index contributed by atoms with van der Waals surface area (Å²) in [6.07, 6.45) is -0.271. The summed E-state index contributed by atoms with van der Waals surface area (Å²) in [5.74, 6) is 0.751. The van der Waals surface area contributed by atoms with E-state index >= 15 is 0 Å². The Bertz CT molecular complexity index is 1060. The molecular weight excluding hydrogens is 403 g/mol. The Labute approximate surface area is 169 Å². The molecule has 2 heterocycles. The number of aliphatic hydroxyl groups is 1. The third-order valence-corrected chi connectivity index (χ3v) is 4.89. The van der Waals surface area contributed by atoms with E-state index in [9.17, 15) is 18.3 Å². The zero-order valence-corrected chi connectivity index (χ0v) is 16.3. The Morgan fingerprint density at radius 3 is 2.73 bits per heavy atom. The van der Waals surface area contributed by atoms with Crippen molar-refractivity contribution in [3.63, 3.8) is 0 Å². The first-order valence-corrected chi connectivity index (χ1v) is 9.21. The van der Waals surface area contributed by atoms with Gasteiger partial charge in [0.25, 0.3) is 0 Å². The highest BCUT2D eigenvalue weighted by molar-refractivity contribution is 5.81. The van der Waals surface area contributed by atoms with Crippen molar-refractivity contribution in [2.24, 2.45) is 0 Å². The number of benzene rings is 1. The van der Waals surface area contributed by atoms with Gasteiger partial charge in [-0.15, -0.1) is 10.2 Å². The average Bonchev–Trinajstić information content (AvgIpc) is 3.15. The van der Waals surface area contributed by atoms with Crippen LogP contribution >= 0.6 is 0 Å².